The number of hydrogen-bond acceptors (Lipinski definition) is 4. The molecule has 2 fully saturated rings. The largest absolute Gasteiger partial charge is 0.345 e. The average Bonchev–Trinajstić information content (AvgIpc) is 3.07. The van der Waals surface area contributed by atoms with E-state index in [0.29, 0.717) is 6.04 Å². The van der Waals surface area contributed by atoms with Gasteiger partial charge >= 0.3 is 0 Å². The zero-order chi connectivity index (χ0) is 13.4. The summed E-state index contributed by atoms with van der Waals surface area (Å²) in [5, 5.41) is 1.08. The van der Waals surface area contributed by atoms with Crippen LogP contribution in [0, 0.1) is 12.8 Å². The third-order valence-electron chi connectivity index (χ3n) is 4.59. The number of rotatable bonds is 3. The molecule has 2 aliphatic rings. The Morgan fingerprint density at radius 2 is 2.00 bits per heavy atom. The first-order chi connectivity index (χ1) is 9.16. The summed E-state index contributed by atoms with van der Waals surface area (Å²) in [5.74, 6) is 1.00. The Morgan fingerprint density at radius 3 is 2.63 bits per heavy atom. The Kier molecular flexibility index (Phi) is 3.61. The standard InChI is InChI=1S/C15H22N2OS/c1-10-14(11(2)18)19-15(16-10)17-9-5-8-13(17)12-6-3-4-7-12/h12-13H,3-9H2,1-2H3. The van der Waals surface area contributed by atoms with Crippen molar-refractivity contribution in [2.75, 3.05) is 11.4 Å². The summed E-state index contributed by atoms with van der Waals surface area (Å²) in [7, 11) is 0. The molecule has 0 radical (unpaired) electrons. The molecule has 2 heterocycles. The molecule has 0 N–H and O–H groups in total. The number of aryl methyl sites for hydroxylation is 1. The molecule has 1 aromatic rings. The Bertz CT molecular complexity index is 476. The number of carbonyl (C=O) groups excluding carboxylic acids is 1. The molecule has 1 atom stereocenters. The van der Waals surface area contributed by atoms with Crippen LogP contribution in [0.2, 0.25) is 0 Å². The highest BCUT2D eigenvalue weighted by Crippen LogP contribution is 2.39. The summed E-state index contributed by atoms with van der Waals surface area (Å²) in [5.41, 5.74) is 0.907. The van der Waals surface area contributed by atoms with Crippen molar-refractivity contribution in [3.63, 3.8) is 0 Å². The predicted octanol–water partition coefficient (Wildman–Crippen LogP) is 3.81. The second-order valence-corrected chi connectivity index (χ2v) is 6.89. The van der Waals surface area contributed by atoms with E-state index in [1.807, 2.05) is 6.92 Å². The van der Waals surface area contributed by atoms with Crippen molar-refractivity contribution in [3.05, 3.63) is 10.6 Å². The summed E-state index contributed by atoms with van der Waals surface area (Å²) >= 11 is 1.59. The molecule has 3 rings (SSSR count). The van der Waals surface area contributed by atoms with Crippen LogP contribution in [-0.2, 0) is 0 Å². The molecular weight excluding hydrogens is 256 g/mol. The minimum absolute atomic E-state index is 0.151. The topological polar surface area (TPSA) is 33.2 Å². The molecule has 0 aromatic carbocycles. The van der Waals surface area contributed by atoms with Crippen molar-refractivity contribution in [3.8, 4) is 0 Å². The normalized spacial score (nSPS) is 24.3. The van der Waals surface area contributed by atoms with Crippen molar-refractivity contribution >= 4 is 22.3 Å². The number of hydrogen-bond donors (Lipinski definition) is 0. The van der Waals surface area contributed by atoms with Crippen LogP contribution >= 0.6 is 11.3 Å². The summed E-state index contributed by atoms with van der Waals surface area (Å²) in [6.07, 6.45) is 8.12. The Balaban J connectivity index is 1.83. The van der Waals surface area contributed by atoms with E-state index in [-0.39, 0.29) is 5.78 Å². The van der Waals surface area contributed by atoms with Crippen LogP contribution in [0.3, 0.4) is 0 Å². The van der Waals surface area contributed by atoms with Crippen LogP contribution < -0.4 is 4.90 Å². The maximum Gasteiger partial charge on any atom is 0.186 e. The van der Waals surface area contributed by atoms with Crippen molar-refractivity contribution in [1.29, 1.82) is 0 Å². The lowest BCUT2D eigenvalue weighted by Gasteiger charge is -2.29. The Hall–Kier alpha value is -0.900. The molecule has 4 heteroatoms. The summed E-state index contributed by atoms with van der Waals surface area (Å²) < 4.78 is 0. The molecule has 0 bridgehead atoms. The van der Waals surface area contributed by atoms with Gasteiger partial charge in [-0.1, -0.05) is 24.2 Å². The van der Waals surface area contributed by atoms with E-state index in [1.54, 1.807) is 18.3 Å². The van der Waals surface area contributed by atoms with Crippen LogP contribution in [0.1, 0.15) is 60.8 Å². The number of carbonyl (C=O) groups is 1. The minimum Gasteiger partial charge on any atom is -0.345 e. The maximum atomic E-state index is 11.6. The van der Waals surface area contributed by atoms with Gasteiger partial charge in [-0.05, 0) is 38.5 Å². The first kappa shape index (κ1) is 13.1. The highest BCUT2D eigenvalue weighted by molar-refractivity contribution is 7.17. The van der Waals surface area contributed by atoms with Crippen LogP contribution in [0.5, 0.6) is 0 Å². The molecule has 3 nitrogen and oxygen atoms in total. The van der Waals surface area contributed by atoms with Gasteiger partial charge in [0, 0.05) is 19.5 Å². The summed E-state index contributed by atoms with van der Waals surface area (Å²) in [4.78, 5) is 19.6. The van der Waals surface area contributed by atoms with E-state index in [2.05, 4.69) is 9.88 Å². The second-order valence-electron chi connectivity index (χ2n) is 5.91. The first-order valence-corrected chi connectivity index (χ1v) is 8.23. The lowest BCUT2D eigenvalue weighted by atomic mass is 9.96. The van der Waals surface area contributed by atoms with Gasteiger partial charge in [-0.2, -0.15) is 0 Å². The fourth-order valence-corrected chi connectivity index (χ4v) is 4.74. The van der Waals surface area contributed by atoms with Gasteiger partial charge in [-0.3, -0.25) is 4.79 Å². The van der Waals surface area contributed by atoms with Gasteiger partial charge in [0.1, 0.15) is 0 Å². The highest BCUT2D eigenvalue weighted by Gasteiger charge is 2.35. The molecule has 1 aromatic heterocycles. The van der Waals surface area contributed by atoms with Gasteiger partial charge in [0.15, 0.2) is 10.9 Å². The van der Waals surface area contributed by atoms with Crippen molar-refractivity contribution in [2.24, 2.45) is 5.92 Å². The number of Topliss-reactive ketones (excluding diaryl/α,β-unsaturated/α-hetero) is 1. The maximum absolute atomic E-state index is 11.6. The van der Waals surface area contributed by atoms with Gasteiger partial charge in [0.2, 0.25) is 0 Å². The third kappa shape index (κ3) is 2.42. The van der Waals surface area contributed by atoms with E-state index in [0.717, 1.165) is 28.2 Å². The van der Waals surface area contributed by atoms with Gasteiger partial charge in [0.25, 0.3) is 0 Å². The molecule has 0 spiro atoms. The van der Waals surface area contributed by atoms with Crippen molar-refractivity contribution < 1.29 is 4.79 Å². The number of ketones is 1. The van der Waals surface area contributed by atoms with E-state index in [9.17, 15) is 4.79 Å². The predicted molar refractivity (Wildman–Crippen MR) is 79.2 cm³/mol. The monoisotopic (exact) mass is 278 g/mol. The quantitative estimate of drug-likeness (QED) is 0.788. The molecule has 1 aliphatic carbocycles. The van der Waals surface area contributed by atoms with Crippen LogP contribution in [0.15, 0.2) is 0 Å². The number of aromatic nitrogens is 1. The van der Waals surface area contributed by atoms with Gasteiger partial charge in [-0.15, -0.1) is 0 Å². The molecule has 1 saturated carbocycles. The summed E-state index contributed by atoms with van der Waals surface area (Å²) in [6.45, 7) is 4.71. The molecular formula is C15H22N2OS. The minimum atomic E-state index is 0.151. The first-order valence-electron chi connectivity index (χ1n) is 7.42. The third-order valence-corrected chi connectivity index (χ3v) is 5.89. The zero-order valence-corrected chi connectivity index (χ0v) is 12.6. The SMILES string of the molecule is CC(=O)c1sc(N2CCCC2C2CCCC2)nc1C. The lowest BCUT2D eigenvalue weighted by molar-refractivity contribution is 0.102. The van der Waals surface area contributed by atoms with Crippen LogP contribution in [0.4, 0.5) is 5.13 Å². The zero-order valence-electron chi connectivity index (χ0n) is 11.8. The van der Waals surface area contributed by atoms with Crippen LogP contribution in [-0.4, -0.2) is 23.4 Å². The van der Waals surface area contributed by atoms with E-state index in [1.165, 1.54) is 38.5 Å². The smallest absolute Gasteiger partial charge is 0.186 e. The number of thiazole rings is 1. The van der Waals surface area contributed by atoms with Crippen molar-refractivity contribution in [2.45, 2.75) is 58.4 Å². The molecule has 1 saturated heterocycles. The van der Waals surface area contributed by atoms with Crippen LogP contribution in [0.25, 0.3) is 0 Å². The highest BCUT2D eigenvalue weighted by atomic mass is 32.1. The van der Waals surface area contributed by atoms with Gasteiger partial charge in [0.05, 0.1) is 10.6 Å². The lowest BCUT2D eigenvalue weighted by Crippen LogP contribution is -2.34. The average molecular weight is 278 g/mol. The van der Waals surface area contributed by atoms with Crippen molar-refractivity contribution in [1.82, 2.24) is 4.98 Å². The Labute approximate surface area is 119 Å². The molecule has 104 valence electrons. The summed E-state index contributed by atoms with van der Waals surface area (Å²) in [6, 6.07) is 0.674. The van der Waals surface area contributed by atoms with E-state index >= 15 is 0 Å². The molecule has 19 heavy (non-hydrogen) atoms. The van der Waals surface area contributed by atoms with E-state index in [4.69, 9.17) is 0 Å². The molecule has 1 aliphatic heterocycles. The molecule has 1 unspecified atom stereocenters. The second kappa shape index (κ2) is 5.23. The Morgan fingerprint density at radius 1 is 1.26 bits per heavy atom. The number of nitrogens with zero attached hydrogens (tertiary/aromatic N) is 2. The van der Waals surface area contributed by atoms with Gasteiger partial charge in [-0.25, -0.2) is 4.98 Å². The fraction of sp³-hybridized carbons (Fsp3) is 0.733. The molecule has 0 amide bonds. The van der Waals surface area contributed by atoms with Gasteiger partial charge < -0.3 is 4.90 Å². The number of anilines is 1. The van der Waals surface area contributed by atoms with E-state index < -0.39 is 0 Å². The fourth-order valence-electron chi connectivity index (χ4n) is 3.69.